The maximum absolute atomic E-state index is 12.9. The van der Waals surface area contributed by atoms with Crippen molar-refractivity contribution in [2.45, 2.75) is 6.61 Å². The van der Waals surface area contributed by atoms with Gasteiger partial charge in [-0.25, -0.2) is 14.6 Å². The molecular weight excluding hydrogens is 301 g/mol. The molecule has 2 aromatic carbocycles. The van der Waals surface area contributed by atoms with Gasteiger partial charge >= 0.3 is 6.03 Å². The third-order valence-corrected chi connectivity index (χ3v) is 2.88. The fourth-order valence-corrected chi connectivity index (χ4v) is 1.80. The topological polar surface area (TPSA) is 85.9 Å². The highest BCUT2D eigenvalue weighted by molar-refractivity contribution is 5.82. The van der Waals surface area contributed by atoms with E-state index in [1.807, 2.05) is 0 Å². The highest BCUT2D eigenvalue weighted by Gasteiger charge is 2.06. The lowest BCUT2D eigenvalue weighted by atomic mass is 10.2. The average molecular weight is 317 g/mol. The number of urea groups is 1. The van der Waals surface area contributed by atoms with Crippen LogP contribution in [0.5, 0.6) is 11.5 Å². The van der Waals surface area contributed by atoms with Gasteiger partial charge in [-0.05, 0) is 41.5 Å². The van der Waals surface area contributed by atoms with E-state index in [-0.39, 0.29) is 12.4 Å². The number of nitrogens with one attached hydrogen (secondary N) is 1. The zero-order chi connectivity index (χ0) is 16.7. The molecule has 0 atom stereocenters. The number of halogens is 1. The van der Waals surface area contributed by atoms with Crippen LogP contribution in [-0.4, -0.2) is 19.4 Å². The Bertz CT molecular complexity index is 702. The van der Waals surface area contributed by atoms with E-state index in [2.05, 4.69) is 10.5 Å². The molecule has 0 aliphatic heterocycles. The van der Waals surface area contributed by atoms with E-state index in [4.69, 9.17) is 15.2 Å². The van der Waals surface area contributed by atoms with Crippen molar-refractivity contribution in [3.05, 3.63) is 59.4 Å². The Hall–Kier alpha value is -3.09. The van der Waals surface area contributed by atoms with Gasteiger partial charge in [-0.15, -0.1) is 0 Å². The molecule has 2 amide bonds. The number of nitrogens with zero attached hydrogens (tertiary/aromatic N) is 1. The first kappa shape index (κ1) is 16.3. The first-order valence-electron chi connectivity index (χ1n) is 6.72. The Morgan fingerprint density at radius 3 is 2.65 bits per heavy atom. The lowest BCUT2D eigenvalue weighted by Crippen LogP contribution is -2.24. The first-order chi connectivity index (χ1) is 11.1. The summed E-state index contributed by atoms with van der Waals surface area (Å²) in [6, 6.07) is 10.5. The molecule has 0 unspecified atom stereocenters. The number of methoxy groups -OCH3 is 1. The molecule has 0 fully saturated rings. The summed E-state index contributed by atoms with van der Waals surface area (Å²) >= 11 is 0. The molecule has 2 rings (SSSR count). The minimum Gasteiger partial charge on any atom is -0.493 e. The lowest BCUT2D eigenvalue weighted by Gasteiger charge is -2.11. The van der Waals surface area contributed by atoms with Crippen molar-refractivity contribution < 1.29 is 18.7 Å². The van der Waals surface area contributed by atoms with Gasteiger partial charge in [0.25, 0.3) is 0 Å². The van der Waals surface area contributed by atoms with Crippen LogP contribution < -0.4 is 20.6 Å². The van der Waals surface area contributed by atoms with Gasteiger partial charge in [0.15, 0.2) is 11.5 Å². The zero-order valence-corrected chi connectivity index (χ0v) is 12.5. The molecule has 0 saturated carbocycles. The number of hydrogen-bond acceptors (Lipinski definition) is 4. The quantitative estimate of drug-likeness (QED) is 0.633. The van der Waals surface area contributed by atoms with Crippen LogP contribution in [-0.2, 0) is 6.61 Å². The Labute approximate surface area is 132 Å². The smallest absolute Gasteiger partial charge is 0.332 e. The van der Waals surface area contributed by atoms with Crippen molar-refractivity contribution in [1.29, 1.82) is 0 Å². The molecule has 0 aromatic heterocycles. The second-order valence-corrected chi connectivity index (χ2v) is 4.56. The van der Waals surface area contributed by atoms with Crippen LogP contribution in [0, 0.1) is 5.82 Å². The first-order valence-corrected chi connectivity index (χ1v) is 6.72. The Morgan fingerprint density at radius 2 is 2.00 bits per heavy atom. The predicted molar refractivity (Wildman–Crippen MR) is 84.0 cm³/mol. The van der Waals surface area contributed by atoms with Crippen LogP contribution in [0.25, 0.3) is 0 Å². The number of amides is 2. The van der Waals surface area contributed by atoms with Gasteiger partial charge in [0.1, 0.15) is 12.4 Å². The highest BCUT2D eigenvalue weighted by atomic mass is 19.1. The van der Waals surface area contributed by atoms with Crippen LogP contribution in [0.15, 0.2) is 47.6 Å². The van der Waals surface area contributed by atoms with Gasteiger partial charge in [0.05, 0.1) is 13.3 Å². The predicted octanol–water partition coefficient (Wildman–Crippen LogP) is 2.42. The summed E-state index contributed by atoms with van der Waals surface area (Å²) in [5.41, 5.74) is 8.55. The lowest BCUT2D eigenvalue weighted by molar-refractivity contribution is 0.249. The fourth-order valence-electron chi connectivity index (χ4n) is 1.80. The molecule has 3 N–H and O–H groups in total. The molecule has 0 saturated heterocycles. The van der Waals surface area contributed by atoms with E-state index in [0.717, 1.165) is 5.56 Å². The molecule has 0 bridgehead atoms. The summed E-state index contributed by atoms with van der Waals surface area (Å²) in [6.45, 7) is 0.285. The maximum atomic E-state index is 12.9. The van der Waals surface area contributed by atoms with Gasteiger partial charge in [-0.2, -0.15) is 5.10 Å². The molecule has 7 heteroatoms. The summed E-state index contributed by atoms with van der Waals surface area (Å²) in [6.07, 6.45) is 1.43. The van der Waals surface area contributed by atoms with Gasteiger partial charge in [-0.1, -0.05) is 12.1 Å². The molecule has 0 heterocycles. The zero-order valence-electron chi connectivity index (χ0n) is 12.5. The number of primary amides is 1. The van der Waals surface area contributed by atoms with Gasteiger partial charge in [0, 0.05) is 0 Å². The molecule has 0 spiro atoms. The van der Waals surface area contributed by atoms with Crippen LogP contribution in [0.4, 0.5) is 9.18 Å². The van der Waals surface area contributed by atoms with Crippen molar-refractivity contribution >= 4 is 12.2 Å². The van der Waals surface area contributed by atoms with E-state index in [9.17, 15) is 9.18 Å². The monoisotopic (exact) mass is 317 g/mol. The normalized spacial score (nSPS) is 10.5. The standard InChI is InChI=1S/C16H16FN3O3/c1-22-15-8-12(9-19-20-16(18)21)4-7-14(15)23-10-11-2-5-13(17)6-3-11/h2-9H,10H2,1H3,(H3,18,20,21)/b19-9-. The number of ether oxygens (including phenoxy) is 2. The molecule has 23 heavy (non-hydrogen) atoms. The third kappa shape index (κ3) is 4.99. The van der Waals surface area contributed by atoms with Crippen LogP contribution in [0.1, 0.15) is 11.1 Å². The van der Waals surface area contributed by atoms with Gasteiger partial charge < -0.3 is 15.2 Å². The van der Waals surface area contributed by atoms with E-state index in [0.29, 0.717) is 17.1 Å². The van der Waals surface area contributed by atoms with Crippen molar-refractivity contribution in [1.82, 2.24) is 5.43 Å². The van der Waals surface area contributed by atoms with Gasteiger partial charge in [0.2, 0.25) is 0 Å². The Balaban J connectivity index is 2.05. The SMILES string of the molecule is COc1cc(/C=N\NC(N)=O)ccc1OCc1ccc(F)cc1. The Kier molecular flexibility index (Phi) is 5.51. The third-order valence-electron chi connectivity index (χ3n) is 2.88. The molecule has 0 aliphatic carbocycles. The van der Waals surface area contributed by atoms with E-state index < -0.39 is 6.03 Å². The average Bonchev–Trinajstić information content (AvgIpc) is 2.54. The second-order valence-electron chi connectivity index (χ2n) is 4.56. The van der Waals surface area contributed by atoms with Gasteiger partial charge in [-0.3, -0.25) is 0 Å². The number of nitrogens with two attached hydrogens (primary N) is 1. The van der Waals surface area contributed by atoms with E-state index in [1.165, 1.54) is 25.5 Å². The molecule has 0 radical (unpaired) electrons. The van der Waals surface area contributed by atoms with E-state index in [1.54, 1.807) is 30.3 Å². The Morgan fingerprint density at radius 1 is 1.26 bits per heavy atom. The number of benzene rings is 2. The molecule has 0 aliphatic rings. The second kappa shape index (κ2) is 7.79. The minimum atomic E-state index is -0.743. The highest BCUT2D eigenvalue weighted by Crippen LogP contribution is 2.28. The number of hydrogen-bond donors (Lipinski definition) is 2. The minimum absolute atomic E-state index is 0.285. The number of hydrazone groups is 1. The molecular formula is C16H16FN3O3. The number of rotatable bonds is 6. The van der Waals surface area contributed by atoms with Crippen molar-refractivity contribution in [3.63, 3.8) is 0 Å². The number of carbonyl (C=O) groups is 1. The summed E-state index contributed by atoms with van der Waals surface area (Å²) in [5.74, 6) is 0.756. The van der Waals surface area contributed by atoms with Crippen molar-refractivity contribution in [2.75, 3.05) is 7.11 Å². The summed E-state index contributed by atoms with van der Waals surface area (Å²) in [7, 11) is 1.52. The van der Waals surface area contributed by atoms with Crippen LogP contribution in [0.3, 0.4) is 0 Å². The summed E-state index contributed by atoms with van der Waals surface area (Å²) < 4.78 is 23.8. The fraction of sp³-hybridized carbons (Fsp3) is 0.125. The van der Waals surface area contributed by atoms with E-state index >= 15 is 0 Å². The molecule has 120 valence electrons. The largest absolute Gasteiger partial charge is 0.493 e. The van der Waals surface area contributed by atoms with Crippen molar-refractivity contribution in [2.24, 2.45) is 10.8 Å². The number of carbonyl (C=O) groups excluding carboxylic acids is 1. The molecule has 2 aromatic rings. The van der Waals surface area contributed by atoms with Crippen LogP contribution in [0.2, 0.25) is 0 Å². The maximum Gasteiger partial charge on any atom is 0.332 e. The summed E-state index contributed by atoms with van der Waals surface area (Å²) in [4.78, 5) is 10.5. The van der Waals surface area contributed by atoms with Crippen molar-refractivity contribution in [3.8, 4) is 11.5 Å². The summed E-state index contributed by atoms with van der Waals surface area (Å²) in [5, 5.41) is 3.67. The molecule has 6 nitrogen and oxygen atoms in total. The van der Waals surface area contributed by atoms with Crippen LogP contribution >= 0.6 is 0 Å².